The van der Waals surface area contributed by atoms with Gasteiger partial charge in [0.15, 0.2) is 5.82 Å². The van der Waals surface area contributed by atoms with Gasteiger partial charge in [-0.05, 0) is 32.4 Å². The van der Waals surface area contributed by atoms with E-state index in [0.717, 1.165) is 30.0 Å². The van der Waals surface area contributed by atoms with Gasteiger partial charge in [-0.15, -0.1) is 0 Å². The number of nitrogens with zero attached hydrogens (tertiary/aromatic N) is 6. The molecule has 2 amide bonds. The van der Waals surface area contributed by atoms with E-state index in [9.17, 15) is 9.59 Å². The predicted molar refractivity (Wildman–Crippen MR) is 112 cm³/mol. The zero-order valence-corrected chi connectivity index (χ0v) is 17.0. The van der Waals surface area contributed by atoms with Crippen LogP contribution in [0, 0.1) is 13.8 Å². The van der Waals surface area contributed by atoms with E-state index >= 15 is 0 Å². The quantitative estimate of drug-likeness (QED) is 0.699. The molecular weight excluding hydrogens is 382 g/mol. The molecule has 0 bridgehead atoms. The Morgan fingerprint density at radius 3 is 2.80 bits per heavy atom. The molecular formula is C21H23N7O2. The molecule has 3 aromatic rings. The van der Waals surface area contributed by atoms with Gasteiger partial charge in [0.1, 0.15) is 5.82 Å². The van der Waals surface area contributed by atoms with Gasteiger partial charge in [-0.2, -0.15) is 5.10 Å². The molecule has 9 nitrogen and oxygen atoms in total. The fraction of sp³-hybridized carbons (Fsp3) is 0.333. The summed E-state index contributed by atoms with van der Waals surface area (Å²) in [4.78, 5) is 39.6. The van der Waals surface area contributed by atoms with E-state index < -0.39 is 0 Å². The van der Waals surface area contributed by atoms with Gasteiger partial charge in [0, 0.05) is 50.0 Å². The van der Waals surface area contributed by atoms with Gasteiger partial charge in [-0.3, -0.25) is 24.5 Å². The van der Waals surface area contributed by atoms with Crippen molar-refractivity contribution >= 4 is 23.5 Å². The number of carbonyl (C=O) groups excluding carboxylic acids is 2. The standard InChI is InChI=1S/C21H23N7O2/c1-14-11-19-27(9-4-10-28(19)26-14)20(30)7-6-18(29)25-17-13-23-21(15(2)24-17)16-5-3-8-22-12-16/h3,5,8,11-13H,4,6-7,9-10H2,1-2H3,(H,24,25,29). The highest BCUT2D eigenvalue weighted by Crippen LogP contribution is 2.23. The highest BCUT2D eigenvalue weighted by Gasteiger charge is 2.24. The molecule has 30 heavy (non-hydrogen) atoms. The Kier molecular flexibility index (Phi) is 5.51. The van der Waals surface area contributed by atoms with Crippen LogP contribution in [0.1, 0.15) is 30.7 Å². The van der Waals surface area contributed by atoms with Crippen molar-refractivity contribution in [2.75, 3.05) is 16.8 Å². The third-order valence-electron chi connectivity index (χ3n) is 4.93. The summed E-state index contributed by atoms with van der Waals surface area (Å²) in [6.07, 6.45) is 5.98. The Bertz CT molecular complexity index is 1080. The molecule has 0 aliphatic carbocycles. The molecule has 0 spiro atoms. The summed E-state index contributed by atoms with van der Waals surface area (Å²) < 4.78 is 1.85. The molecule has 0 atom stereocenters. The highest BCUT2D eigenvalue weighted by atomic mass is 16.2. The maximum atomic E-state index is 12.7. The van der Waals surface area contributed by atoms with Crippen LogP contribution in [0.4, 0.5) is 11.6 Å². The average Bonchev–Trinajstić information content (AvgIpc) is 3.13. The fourth-order valence-electron chi connectivity index (χ4n) is 3.55. The van der Waals surface area contributed by atoms with Crippen LogP contribution in [-0.4, -0.2) is 43.1 Å². The van der Waals surface area contributed by atoms with E-state index in [1.807, 2.05) is 36.7 Å². The predicted octanol–water partition coefficient (Wildman–Crippen LogP) is 2.51. The molecule has 0 saturated carbocycles. The molecule has 154 valence electrons. The minimum Gasteiger partial charge on any atom is -0.309 e. The number of aryl methyl sites for hydroxylation is 3. The molecule has 1 aliphatic heterocycles. The van der Waals surface area contributed by atoms with Crippen LogP contribution in [0.25, 0.3) is 11.3 Å². The minimum absolute atomic E-state index is 0.0769. The van der Waals surface area contributed by atoms with Crippen molar-refractivity contribution in [1.29, 1.82) is 0 Å². The number of pyridine rings is 1. The van der Waals surface area contributed by atoms with Crippen molar-refractivity contribution in [2.45, 2.75) is 39.7 Å². The molecule has 1 N–H and O–H groups in total. The van der Waals surface area contributed by atoms with Crippen LogP contribution in [0.3, 0.4) is 0 Å². The number of anilines is 2. The van der Waals surface area contributed by atoms with E-state index in [4.69, 9.17) is 0 Å². The Morgan fingerprint density at radius 1 is 1.17 bits per heavy atom. The average molecular weight is 405 g/mol. The summed E-state index contributed by atoms with van der Waals surface area (Å²) in [7, 11) is 0. The van der Waals surface area contributed by atoms with E-state index in [-0.39, 0.29) is 24.7 Å². The monoisotopic (exact) mass is 405 g/mol. The number of fused-ring (bicyclic) bond motifs is 1. The molecule has 0 radical (unpaired) electrons. The third kappa shape index (κ3) is 4.19. The third-order valence-corrected chi connectivity index (χ3v) is 4.93. The smallest absolute Gasteiger partial charge is 0.228 e. The lowest BCUT2D eigenvalue weighted by Gasteiger charge is -2.27. The first-order valence-electron chi connectivity index (χ1n) is 9.90. The number of hydrogen-bond donors (Lipinski definition) is 1. The maximum Gasteiger partial charge on any atom is 0.228 e. The van der Waals surface area contributed by atoms with Crippen molar-refractivity contribution in [3.8, 4) is 11.3 Å². The van der Waals surface area contributed by atoms with Gasteiger partial charge in [-0.1, -0.05) is 0 Å². The highest BCUT2D eigenvalue weighted by molar-refractivity contribution is 5.97. The van der Waals surface area contributed by atoms with E-state index in [1.165, 1.54) is 6.20 Å². The number of rotatable bonds is 5. The Balaban J connectivity index is 1.35. The van der Waals surface area contributed by atoms with Gasteiger partial charge in [0.25, 0.3) is 0 Å². The summed E-state index contributed by atoms with van der Waals surface area (Å²) in [5.74, 6) is 0.814. The van der Waals surface area contributed by atoms with Crippen LogP contribution >= 0.6 is 0 Å². The summed E-state index contributed by atoms with van der Waals surface area (Å²) in [5, 5.41) is 7.12. The number of nitrogens with one attached hydrogen (secondary N) is 1. The van der Waals surface area contributed by atoms with E-state index in [1.54, 1.807) is 17.3 Å². The van der Waals surface area contributed by atoms with Crippen molar-refractivity contribution in [2.24, 2.45) is 0 Å². The zero-order valence-electron chi connectivity index (χ0n) is 17.0. The number of hydrogen-bond acceptors (Lipinski definition) is 6. The van der Waals surface area contributed by atoms with Gasteiger partial charge >= 0.3 is 0 Å². The molecule has 9 heteroatoms. The second kappa shape index (κ2) is 8.40. The van der Waals surface area contributed by atoms with Crippen molar-refractivity contribution in [3.05, 3.63) is 48.2 Å². The first-order valence-corrected chi connectivity index (χ1v) is 9.90. The van der Waals surface area contributed by atoms with Crippen molar-refractivity contribution < 1.29 is 9.59 Å². The van der Waals surface area contributed by atoms with Gasteiger partial charge in [0.05, 0.1) is 23.3 Å². The Hall–Kier alpha value is -3.62. The van der Waals surface area contributed by atoms with Gasteiger partial charge in [0.2, 0.25) is 11.8 Å². The van der Waals surface area contributed by atoms with Crippen LogP contribution in [0.15, 0.2) is 36.8 Å². The topological polar surface area (TPSA) is 106 Å². The summed E-state index contributed by atoms with van der Waals surface area (Å²) in [5.41, 5.74) is 3.15. The molecule has 0 unspecified atom stereocenters. The molecule has 1 aliphatic rings. The normalized spacial score (nSPS) is 13.1. The van der Waals surface area contributed by atoms with Crippen molar-refractivity contribution in [3.63, 3.8) is 0 Å². The number of amides is 2. The minimum atomic E-state index is -0.270. The Labute approximate surface area is 174 Å². The summed E-state index contributed by atoms with van der Waals surface area (Å²) in [6.45, 7) is 5.19. The van der Waals surface area contributed by atoms with Crippen molar-refractivity contribution in [1.82, 2.24) is 24.7 Å². The SMILES string of the molecule is Cc1cc2n(n1)CCCN2C(=O)CCC(=O)Nc1cnc(-c2cccnc2)c(C)n1. The zero-order chi connectivity index (χ0) is 21.1. The van der Waals surface area contributed by atoms with Crippen LogP contribution in [0.2, 0.25) is 0 Å². The van der Waals surface area contributed by atoms with Gasteiger partial charge in [-0.25, -0.2) is 9.67 Å². The first-order chi connectivity index (χ1) is 14.5. The molecule has 4 heterocycles. The van der Waals surface area contributed by atoms with Crippen LogP contribution < -0.4 is 10.2 Å². The molecule has 0 aromatic carbocycles. The summed E-state index contributed by atoms with van der Waals surface area (Å²) in [6, 6.07) is 5.64. The fourth-order valence-corrected chi connectivity index (χ4v) is 3.55. The second-order valence-corrected chi connectivity index (χ2v) is 7.25. The lowest BCUT2D eigenvalue weighted by molar-refractivity contribution is -0.122. The number of aromatic nitrogens is 5. The lowest BCUT2D eigenvalue weighted by atomic mass is 10.2. The van der Waals surface area contributed by atoms with E-state index in [2.05, 4.69) is 25.4 Å². The maximum absolute atomic E-state index is 12.7. The molecule has 0 saturated heterocycles. The second-order valence-electron chi connectivity index (χ2n) is 7.25. The first kappa shape index (κ1) is 19.7. The van der Waals surface area contributed by atoms with E-state index in [0.29, 0.717) is 23.8 Å². The van der Waals surface area contributed by atoms with Crippen LogP contribution in [-0.2, 0) is 16.1 Å². The molecule has 0 fully saturated rings. The Morgan fingerprint density at radius 2 is 2.03 bits per heavy atom. The molecule has 4 rings (SSSR count). The molecule has 3 aromatic heterocycles. The largest absolute Gasteiger partial charge is 0.309 e. The summed E-state index contributed by atoms with van der Waals surface area (Å²) >= 11 is 0. The van der Waals surface area contributed by atoms with Crippen LogP contribution in [0.5, 0.6) is 0 Å². The lowest BCUT2D eigenvalue weighted by Crippen LogP contribution is -2.37. The number of carbonyl (C=O) groups is 2. The van der Waals surface area contributed by atoms with Gasteiger partial charge < -0.3 is 5.32 Å².